The van der Waals surface area contributed by atoms with Crippen LogP contribution in [0.1, 0.15) is 239 Å². The Hall–Kier alpha value is -2.66. The molecule has 5 heteroatoms. The Bertz CT molecular complexity index is 1080. The molecule has 0 aromatic carbocycles. The predicted octanol–water partition coefficient (Wildman–Crippen LogP) is 17.1. The van der Waals surface area contributed by atoms with Crippen molar-refractivity contribution in [2.45, 2.75) is 245 Å². The normalized spacial score (nSPS) is 12.8. The second-order valence-corrected chi connectivity index (χ2v) is 16.7. The summed E-state index contributed by atoms with van der Waals surface area (Å²) < 4.78 is 17.3. The predicted molar refractivity (Wildman–Crippen MR) is 260 cm³/mol. The minimum absolute atomic E-state index is 0.0707. The van der Waals surface area contributed by atoms with Crippen molar-refractivity contribution < 1.29 is 23.8 Å². The van der Waals surface area contributed by atoms with Crippen molar-refractivity contribution >= 4 is 11.9 Å². The van der Waals surface area contributed by atoms with Gasteiger partial charge in [-0.2, -0.15) is 0 Å². The summed E-state index contributed by atoms with van der Waals surface area (Å²) in [5.74, 6) is -0.428. The third-order valence-electron chi connectivity index (χ3n) is 10.7. The van der Waals surface area contributed by atoms with Gasteiger partial charge in [0.15, 0.2) is 6.10 Å². The summed E-state index contributed by atoms with van der Waals surface area (Å²) in [6.45, 7) is 7.66. The highest BCUT2D eigenvalue weighted by molar-refractivity contribution is 5.70. The number of esters is 2. The molecule has 0 spiro atoms. The maximum atomic E-state index is 12.8. The number of carbonyl (C=O) groups excluding carboxylic acids is 2. The average Bonchev–Trinajstić information content (AvgIpc) is 3.25. The Morgan fingerprint density at radius 2 is 0.750 bits per heavy atom. The molecular weight excluding hydrogens is 741 g/mol. The van der Waals surface area contributed by atoms with Crippen LogP contribution in [0.4, 0.5) is 0 Å². The largest absolute Gasteiger partial charge is 0.462 e. The summed E-state index contributed by atoms with van der Waals surface area (Å²) in [5.41, 5.74) is 0. The Kier molecular flexibility index (Phi) is 48.4. The highest BCUT2D eigenvalue weighted by atomic mass is 16.6. The summed E-state index contributed by atoms with van der Waals surface area (Å²) in [5, 5.41) is 0. The summed E-state index contributed by atoms with van der Waals surface area (Å²) in [6, 6.07) is 0. The number of hydrogen-bond donors (Lipinski definition) is 0. The molecular formula is C55H96O5. The lowest BCUT2D eigenvalue weighted by molar-refractivity contribution is -0.163. The summed E-state index contributed by atoms with van der Waals surface area (Å²) in [4.78, 5) is 25.4. The van der Waals surface area contributed by atoms with Crippen molar-refractivity contribution in [1.29, 1.82) is 0 Å². The molecule has 346 valence electrons. The fourth-order valence-electron chi connectivity index (χ4n) is 6.94. The van der Waals surface area contributed by atoms with Crippen molar-refractivity contribution in [3.05, 3.63) is 72.9 Å². The highest BCUT2D eigenvalue weighted by Gasteiger charge is 2.17. The second kappa shape index (κ2) is 50.7. The van der Waals surface area contributed by atoms with Gasteiger partial charge in [0.25, 0.3) is 0 Å². The molecule has 0 bridgehead atoms. The van der Waals surface area contributed by atoms with Gasteiger partial charge in [-0.05, 0) is 89.9 Å². The van der Waals surface area contributed by atoms with Gasteiger partial charge in [-0.1, -0.05) is 209 Å². The van der Waals surface area contributed by atoms with E-state index in [0.717, 1.165) is 96.3 Å². The van der Waals surface area contributed by atoms with E-state index in [1.165, 1.54) is 109 Å². The molecule has 0 rings (SSSR count). The zero-order valence-electron chi connectivity index (χ0n) is 39.7. The highest BCUT2D eigenvalue weighted by Crippen LogP contribution is 2.14. The van der Waals surface area contributed by atoms with Gasteiger partial charge >= 0.3 is 11.9 Å². The molecule has 0 aliphatic carbocycles. The van der Waals surface area contributed by atoms with Crippen LogP contribution >= 0.6 is 0 Å². The van der Waals surface area contributed by atoms with Crippen molar-refractivity contribution in [3.63, 3.8) is 0 Å². The topological polar surface area (TPSA) is 61.8 Å². The first kappa shape index (κ1) is 57.3. The van der Waals surface area contributed by atoms with Crippen molar-refractivity contribution in [2.24, 2.45) is 0 Å². The molecule has 0 aliphatic rings. The van der Waals surface area contributed by atoms with Gasteiger partial charge in [-0.3, -0.25) is 9.59 Å². The van der Waals surface area contributed by atoms with E-state index in [9.17, 15) is 9.59 Å². The van der Waals surface area contributed by atoms with Crippen LogP contribution in [0.25, 0.3) is 0 Å². The zero-order valence-corrected chi connectivity index (χ0v) is 39.7. The van der Waals surface area contributed by atoms with Crippen LogP contribution in [-0.2, 0) is 23.8 Å². The molecule has 0 aliphatic heterocycles. The Morgan fingerprint density at radius 1 is 0.383 bits per heavy atom. The number of ether oxygens (including phenoxy) is 3. The number of carbonyl (C=O) groups is 2. The molecule has 0 saturated heterocycles. The third-order valence-corrected chi connectivity index (χ3v) is 10.7. The minimum atomic E-state index is -0.550. The molecule has 1 atom stereocenters. The maximum absolute atomic E-state index is 12.8. The van der Waals surface area contributed by atoms with Gasteiger partial charge in [0.05, 0.1) is 6.61 Å². The van der Waals surface area contributed by atoms with Crippen molar-refractivity contribution in [2.75, 3.05) is 19.8 Å². The second-order valence-electron chi connectivity index (χ2n) is 16.7. The molecule has 0 fully saturated rings. The molecule has 0 radical (unpaired) electrons. The summed E-state index contributed by atoms with van der Waals surface area (Å²) in [7, 11) is 0. The van der Waals surface area contributed by atoms with Crippen LogP contribution in [0.3, 0.4) is 0 Å². The van der Waals surface area contributed by atoms with Gasteiger partial charge in [-0.25, -0.2) is 0 Å². The van der Waals surface area contributed by atoms with E-state index in [0.29, 0.717) is 19.4 Å². The molecule has 60 heavy (non-hydrogen) atoms. The first-order chi connectivity index (χ1) is 29.6. The molecule has 0 amide bonds. The van der Waals surface area contributed by atoms with Crippen LogP contribution in [0, 0.1) is 0 Å². The van der Waals surface area contributed by atoms with E-state index >= 15 is 0 Å². The zero-order chi connectivity index (χ0) is 43.5. The first-order valence-electron chi connectivity index (χ1n) is 25.5. The van der Waals surface area contributed by atoms with Gasteiger partial charge < -0.3 is 14.2 Å². The molecule has 1 unspecified atom stereocenters. The SMILES string of the molecule is CC/C=C\C/C=C\C/C=C\CCCCCCCC(=O)OC(COCCCCCCCCCCCC)COC(=O)CCCCCCCC/C=C\C/C=C\C/C=C\CCCCC. The lowest BCUT2D eigenvalue weighted by Crippen LogP contribution is -2.30. The molecule has 0 N–H and O–H groups in total. The Morgan fingerprint density at radius 3 is 1.23 bits per heavy atom. The van der Waals surface area contributed by atoms with Gasteiger partial charge in [0.2, 0.25) is 0 Å². The quantitative estimate of drug-likeness (QED) is 0.0347. The number of unbranched alkanes of at least 4 members (excludes halogenated alkanes) is 23. The third kappa shape index (κ3) is 48.0. The van der Waals surface area contributed by atoms with Crippen LogP contribution in [0.2, 0.25) is 0 Å². The van der Waals surface area contributed by atoms with E-state index in [-0.39, 0.29) is 25.2 Å². The van der Waals surface area contributed by atoms with E-state index in [4.69, 9.17) is 14.2 Å². The maximum Gasteiger partial charge on any atom is 0.306 e. The van der Waals surface area contributed by atoms with Crippen LogP contribution in [0.15, 0.2) is 72.9 Å². The molecule has 0 aromatic heterocycles. The fourth-order valence-corrected chi connectivity index (χ4v) is 6.94. The summed E-state index contributed by atoms with van der Waals surface area (Å²) >= 11 is 0. The van der Waals surface area contributed by atoms with Crippen LogP contribution in [0.5, 0.6) is 0 Å². The van der Waals surface area contributed by atoms with Crippen LogP contribution < -0.4 is 0 Å². The number of hydrogen-bond acceptors (Lipinski definition) is 5. The Balaban J connectivity index is 4.26. The smallest absolute Gasteiger partial charge is 0.306 e. The summed E-state index contributed by atoms with van der Waals surface area (Å²) in [6.07, 6.45) is 64.7. The first-order valence-corrected chi connectivity index (χ1v) is 25.5. The monoisotopic (exact) mass is 837 g/mol. The van der Waals surface area contributed by atoms with E-state index < -0.39 is 6.10 Å². The Labute approximate surface area is 372 Å². The number of rotatable bonds is 46. The lowest BCUT2D eigenvalue weighted by Gasteiger charge is -2.18. The fraction of sp³-hybridized carbons (Fsp3) is 0.745. The van der Waals surface area contributed by atoms with Gasteiger partial charge in [0.1, 0.15) is 6.61 Å². The van der Waals surface area contributed by atoms with Crippen LogP contribution in [-0.4, -0.2) is 37.9 Å². The van der Waals surface area contributed by atoms with Gasteiger partial charge in [0, 0.05) is 19.4 Å². The van der Waals surface area contributed by atoms with E-state index in [1.807, 2.05) is 0 Å². The van der Waals surface area contributed by atoms with Gasteiger partial charge in [-0.15, -0.1) is 0 Å². The van der Waals surface area contributed by atoms with E-state index in [1.54, 1.807) is 0 Å². The molecule has 0 aromatic rings. The number of allylic oxidation sites excluding steroid dienone is 12. The molecule has 0 heterocycles. The van der Waals surface area contributed by atoms with E-state index in [2.05, 4.69) is 93.7 Å². The van der Waals surface area contributed by atoms with Crippen molar-refractivity contribution in [3.8, 4) is 0 Å². The molecule has 5 nitrogen and oxygen atoms in total. The molecule has 0 saturated carbocycles. The average molecular weight is 837 g/mol. The minimum Gasteiger partial charge on any atom is -0.462 e. The van der Waals surface area contributed by atoms with Crippen molar-refractivity contribution in [1.82, 2.24) is 0 Å². The standard InChI is InChI=1S/C55H96O5/c1-4-7-10-13-16-19-22-24-26-27-28-29-31-32-34-36-39-42-45-48-54(56)59-52-53(51-58-50-47-44-41-38-21-18-15-12-9-6-3)60-55(57)49-46-43-40-37-35-33-30-25-23-20-17-14-11-8-5-2/h8,11,16-17,19-20,24-26,28-30,53H,4-7,9-10,12-15,18,21-23,27,31-52H2,1-3H3/b11-8-,19-16-,20-17-,26-24-,29-28-,30-25-. The lowest BCUT2D eigenvalue weighted by atomic mass is 10.1.